The molecule has 1 heterocycles. The SMILES string of the molecule is C=C(C)CCn1cc(CO)c2ccc(Cl)cc21. The number of aromatic nitrogens is 1. The first-order chi connectivity index (χ1) is 8.11. The summed E-state index contributed by atoms with van der Waals surface area (Å²) in [6, 6.07) is 5.75. The summed E-state index contributed by atoms with van der Waals surface area (Å²) in [6.07, 6.45) is 2.92. The van der Waals surface area contributed by atoms with Crippen molar-refractivity contribution in [3.63, 3.8) is 0 Å². The molecule has 0 fully saturated rings. The monoisotopic (exact) mass is 249 g/mol. The highest BCUT2D eigenvalue weighted by molar-refractivity contribution is 6.31. The molecule has 2 nitrogen and oxygen atoms in total. The second-order valence-electron chi connectivity index (χ2n) is 4.37. The summed E-state index contributed by atoms with van der Waals surface area (Å²) < 4.78 is 2.13. The number of fused-ring (bicyclic) bond motifs is 1. The van der Waals surface area contributed by atoms with Crippen molar-refractivity contribution in [2.75, 3.05) is 0 Å². The first-order valence-electron chi connectivity index (χ1n) is 5.64. The summed E-state index contributed by atoms with van der Waals surface area (Å²) in [4.78, 5) is 0. The van der Waals surface area contributed by atoms with Gasteiger partial charge in [-0.25, -0.2) is 0 Å². The van der Waals surface area contributed by atoms with Crippen LogP contribution in [-0.2, 0) is 13.2 Å². The Morgan fingerprint density at radius 3 is 2.88 bits per heavy atom. The van der Waals surface area contributed by atoms with Gasteiger partial charge in [0, 0.05) is 34.2 Å². The molecule has 0 spiro atoms. The Morgan fingerprint density at radius 1 is 1.47 bits per heavy atom. The van der Waals surface area contributed by atoms with Crippen molar-refractivity contribution in [2.24, 2.45) is 0 Å². The molecular weight excluding hydrogens is 234 g/mol. The predicted molar refractivity (Wildman–Crippen MR) is 72.3 cm³/mol. The zero-order chi connectivity index (χ0) is 12.4. The Bertz CT molecular complexity index is 557. The second-order valence-corrected chi connectivity index (χ2v) is 4.81. The van der Waals surface area contributed by atoms with Crippen LogP contribution in [0.25, 0.3) is 10.9 Å². The normalized spacial score (nSPS) is 11.0. The molecule has 1 aromatic heterocycles. The summed E-state index contributed by atoms with van der Waals surface area (Å²) >= 11 is 6.01. The molecule has 1 N–H and O–H groups in total. The van der Waals surface area contributed by atoms with Crippen LogP contribution < -0.4 is 0 Å². The summed E-state index contributed by atoms with van der Waals surface area (Å²) in [7, 11) is 0. The van der Waals surface area contributed by atoms with Gasteiger partial charge in [-0.3, -0.25) is 0 Å². The van der Waals surface area contributed by atoms with Crippen LogP contribution in [0.3, 0.4) is 0 Å². The molecule has 2 rings (SSSR count). The van der Waals surface area contributed by atoms with Gasteiger partial charge in [-0.1, -0.05) is 23.2 Å². The van der Waals surface area contributed by atoms with Crippen molar-refractivity contribution in [1.29, 1.82) is 0 Å². The highest BCUT2D eigenvalue weighted by Crippen LogP contribution is 2.25. The maximum atomic E-state index is 9.33. The van der Waals surface area contributed by atoms with Crippen molar-refractivity contribution in [3.8, 4) is 0 Å². The van der Waals surface area contributed by atoms with Gasteiger partial charge in [0.15, 0.2) is 0 Å². The lowest BCUT2D eigenvalue weighted by atomic mass is 10.2. The van der Waals surface area contributed by atoms with Gasteiger partial charge in [-0.05, 0) is 25.5 Å². The van der Waals surface area contributed by atoms with Crippen LogP contribution in [0, 0.1) is 0 Å². The van der Waals surface area contributed by atoms with Crippen LogP contribution in [0.1, 0.15) is 18.9 Å². The standard InChI is InChI=1S/C14H16ClNO/c1-10(2)5-6-16-8-11(9-17)13-4-3-12(15)7-14(13)16/h3-4,7-8,17H,1,5-6,9H2,2H3. The van der Waals surface area contributed by atoms with E-state index >= 15 is 0 Å². The number of aliphatic hydroxyl groups is 1. The number of benzene rings is 1. The molecule has 0 aliphatic rings. The number of aryl methyl sites for hydroxylation is 1. The van der Waals surface area contributed by atoms with Crippen molar-refractivity contribution in [1.82, 2.24) is 4.57 Å². The van der Waals surface area contributed by atoms with Gasteiger partial charge in [0.05, 0.1) is 6.61 Å². The molecule has 0 atom stereocenters. The van der Waals surface area contributed by atoms with E-state index in [2.05, 4.69) is 11.1 Å². The molecule has 0 unspecified atom stereocenters. The Labute approximate surface area is 106 Å². The van der Waals surface area contributed by atoms with Gasteiger partial charge in [0.1, 0.15) is 0 Å². The van der Waals surface area contributed by atoms with Crippen molar-refractivity contribution >= 4 is 22.5 Å². The topological polar surface area (TPSA) is 25.2 Å². The summed E-state index contributed by atoms with van der Waals surface area (Å²) in [5.41, 5.74) is 3.17. The molecule has 0 aliphatic heterocycles. The average molecular weight is 250 g/mol. The number of hydrogen-bond acceptors (Lipinski definition) is 1. The summed E-state index contributed by atoms with van der Waals surface area (Å²) in [6.45, 7) is 6.85. The fraction of sp³-hybridized carbons (Fsp3) is 0.286. The van der Waals surface area contributed by atoms with Crippen LogP contribution >= 0.6 is 11.6 Å². The van der Waals surface area contributed by atoms with E-state index in [1.54, 1.807) is 0 Å². The quantitative estimate of drug-likeness (QED) is 0.821. The number of hydrogen-bond donors (Lipinski definition) is 1. The maximum absolute atomic E-state index is 9.33. The minimum absolute atomic E-state index is 0.0538. The molecule has 3 heteroatoms. The Morgan fingerprint density at radius 2 is 2.24 bits per heavy atom. The molecule has 0 amide bonds. The number of halogens is 1. The van der Waals surface area contributed by atoms with E-state index in [-0.39, 0.29) is 6.61 Å². The Balaban J connectivity index is 2.46. The third-order valence-electron chi connectivity index (χ3n) is 2.88. The lowest BCUT2D eigenvalue weighted by Crippen LogP contribution is -1.96. The molecule has 2 aromatic rings. The lowest BCUT2D eigenvalue weighted by molar-refractivity contribution is 0.283. The first kappa shape index (κ1) is 12.2. The molecule has 0 aliphatic carbocycles. The van der Waals surface area contributed by atoms with E-state index in [1.165, 1.54) is 0 Å². The Hall–Kier alpha value is -1.25. The van der Waals surface area contributed by atoms with Gasteiger partial charge >= 0.3 is 0 Å². The van der Waals surface area contributed by atoms with Crippen LogP contribution in [0.4, 0.5) is 0 Å². The third-order valence-corrected chi connectivity index (χ3v) is 3.11. The van der Waals surface area contributed by atoms with E-state index in [0.29, 0.717) is 0 Å². The van der Waals surface area contributed by atoms with Crippen molar-refractivity contribution in [2.45, 2.75) is 26.5 Å². The third kappa shape index (κ3) is 2.54. The molecule has 90 valence electrons. The number of nitrogens with zero attached hydrogens (tertiary/aromatic N) is 1. The Kier molecular flexibility index (Phi) is 3.55. The van der Waals surface area contributed by atoms with Crippen LogP contribution in [-0.4, -0.2) is 9.67 Å². The second kappa shape index (κ2) is 4.94. The molecule has 0 bridgehead atoms. The van der Waals surface area contributed by atoms with Crippen LogP contribution in [0.15, 0.2) is 36.5 Å². The number of rotatable bonds is 4. The number of allylic oxidation sites excluding steroid dienone is 1. The molecule has 0 saturated heterocycles. The largest absolute Gasteiger partial charge is 0.392 e. The van der Waals surface area contributed by atoms with Crippen molar-refractivity contribution in [3.05, 3.63) is 47.1 Å². The van der Waals surface area contributed by atoms with Gasteiger partial charge in [0.2, 0.25) is 0 Å². The van der Waals surface area contributed by atoms with E-state index in [0.717, 1.165) is 40.0 Å². The molecular formula is C14H16ClNO. The van der Waals surface area contributed by atoms with E-state index < -0.39 is 0 Å². The van der Waals surface area contributed by atoms with E-state index in [9.17, 15) is 5.11 Å². The molecule has 0 radical (unpaired) electrons. The summed E-state index contributed by atoms with van der Waals surface area (Å²) in [5.74, 6) is 0. The summed E-state index contributed by atoms with van der Waals surface area (Å²) in [5, 5.41) is 11.1. The smallest absolute Gasteiger partial charge is 0.0702 e. The van der Waals surface area contributed by atoms with E-state index in [1.807, 2.05) is 31.3 Å². The van der Waals surface area contributed by atoms with Gasteiger partial charge in [-0.2, -0.15) is 0 Å². The highest BCUT2D eigenvalue weighted by Gasteiger charge is 2.08. The predicted octanol–water partition coefficient (Wildman–Crippen LogP) is 3.75. The minimum atomic E-state index is 0.0538. The number of aliphatic hydroxyl groups excluding tert-OH is 1. The van der Waals surface area contributed by atoms with Gasteiger partial charge < -0.3 is 9.67 Å². The molecule has 1 aromatic carbocycles. The van der Waals surface area contributed by atoms with Gasteiger partial charge in [0.25, 0.3) is 0 Å². The first-order valence-corrected chi connectivity index (χ1v) is 6.02. The highest BCUT2D eigenvalue weighted by atomic mass is 35.5. The zero-order valence-electron chi connectivity index (χ0n) is 9.91. The molecule has 0 saturated carbocycles. The fourth-order valence-corrected chi connectivity index (χ4v) is 2.13. The van der Waals surface area contributed by atoms with Gasteiger partial charge in [-0.15, -0.1) is 6.58 Å². The fourth-order valence-electron chi connectivity index (χ4n) is 1.96. The van der Waals surface area contributed by atoms with E-state index in [4.69, 9.17) is 11.6 Å². The minimum Gasteiger partial charge on any atom is -0.392 e. The van der Waals surface area contributed by atoms with Crippen LogP contribution in [0.5, 0.6) is 0 Å². The lowest BCUT2D eigenvalue weighted by Gasteiger charge is -2.05. The maximum Gasteiger partial charge on any atom is 0.0702 e. The van der Waals surface area contributed by atoms with Crippen LogP contribution in [0.2, 0.25) is 5.02 Å². The average Bonchev–Trinajstić information content (AvgIpc) is 2.63. The van der Waals surface area contributed by atoms with Crippen molar-refractivity contribution < 1.29 is 5.11 Å². The zero-order valence-corrected chi connectivity index (χ0v) is 10.7. The molecule has 17 heavy (non-hydrogen) atoms.